The average Bonchev–Trinajstić information content (AvgIpc) is 2.73. The lowest BCUT2D eigenvalue weighted by molar-refractivity contribution is -0.0511. The zero-order valence-corrected chi connectivity index (χ0v) is 16.1. The molecular weight excluding hydrogens is 350 g/mol. The molecule has 0 unspecified atom stereocenters. The first kappa shape index (κ1) is 17.7. The van der Waals surface area contributed by atoms with Crippen molar-refractivity contribution in [3.05, 3.63) is 59.9 Å². The number of fused-ring (bicyclic) bond motifs is 4. The molecule has 4 heterocycles. The summed E-state index contributed by atoms with van der Waals surface area (Å²) in [5.41, 5.74) is 1.92. The summed E-state index contributed by atoms with van der Waals surface area (Å²) in [6.07, 6.45) is 7.88. The summed E-state index contributed by atoms with van der Waals surface area (Å²) in [6.45, 7) is 2.69. The minimum absolute atomic E-state index is 0.00182. The van der Waals surface area contributed by atoms with Crippen LogP contribution in [-0.4, -0.2) is 51.5 Å². The molecule has 3 saturated heterocycles. The van der Waals surface area contributed by atoms with Gasteiger partial charge in [-0.15, -0.1) is 0 Å². The second-order valence-corrected chi connectivity index (χ2v) is 8.63. The van der Waals surface area contributed by atoms with Crippen molar-refractivity contribution in [2.45, 2.75) is 37.8 Å². The van der Waals surface area contributed by atoms with Crippen LogP contribution in [0.1, 0.15) is 47.6 Å². The third kappa shape index (κ3) is 3.18. The van der Waals surface area contributed by atoms with Crippen LogP contribution in [0.4, 0.5) is 0 Å². The maximum Gasteiger partial charge on any atom is 0.255 e. The number of piperidine rings is 3. The third-order valence-electron chi connectivity index (χ3n) is 6.83. The Labute approximate surface area is 166 Å². The summed E-state index contributed by atoms with van der Waals surface area (Å²) in [7, 11) is 0. The van der Waals surface area contributed by atoms with Gasteiger partial charge in [-0.3, -0.25) is 14.7 Å². The molecule has 2 bridgehead atoms. The van der Waals surface area contributed by atoms with Gasteiger partial charge >= 0.3 is 0 Å². The zero-order valence-electron chi connectivity index (χ0n) is 16.1. The Morgan fingerprint density at radius 1 is 1.07 bits per heavy atom. The number of pyridine rings is 1. The molecule has 1 N–H and O–H groups in total. The Kier molecular flexibility index (Phi) is 4.55. The highest BCUT2D eigenvalue weighted by Gasteiger charge is 2.45. The average molecular weight is 377 g/mol. The van der Waals surface area contributed by atoms with E-state index in [1.54, 1.807) is 6.20 Å². The second-order valence-electron chi connectivity index (χ2n) is 8.63. The summed E-state index contributed by atoms with van der Waals surface area (Å²) in [6, 6.07) is 13.5. The third-order valence-corrected chi connectivity index (χ3v) is 6.83. The van der Waals surface area contributed by atoms with Gasteiger partial charge in [0.25, 0.3) is 5.91 Å². The number of amides is 1. The van der Waals surface area contributed by atoms with Crippen LogP contribution >= 0.6 is 0 Å². The van der Waals surface area contributed by atoms with Gasteiger partial charge in [0.15, 0.2) is 0 Å². The Hall–Kier alpha value is -2.40. The lowest BCUT2D eigenvalue weighted by Crippen LogP contribution is -2.60. The van der Waals surface area contributed by atoms with Crippen LogP contribution in [0.15, 0.2) is 48.8 Å². The number of aromatic hydroxyl groups is 1. The molecule has 146 valence electrons. The fraction of sp³-hybridized carbons (Fsp3) is 0.478. The number of carbonyl (C=O) groups excluding carboxylic acids is 1. The van der Waals surface area contributed by atoms with Gasteiger partial charge < -0.3 is 10.0 Å². The van der Waals surface area contributed by atoms with E-state index < -0.39 is 0 Å². The molecule has 2 aromatic rings. The van der Waals surface area contributed by atoms with Crippen molar-refractivity contribution in [2.75, 3.05) is 19.6 Å². The molecule has 5 rings (SSSR count). The lowest BCUT2D eigenvalue weighted by Gasteiger charge is -2.55. The molecule has 0 aliphatic carbocycles. The number of hydrogen-bond acceptors (Lipinski definition) is 4. The highest BCUT2D eigenvalue weighted by atomic mass is 16.3. The molecule has 1 aromatic carbocycles. The van der Waals surface area contributed by atoms with E-state index >= 15 is 0 Å². The van der Waals surface area contributed by atoms with Crippen molar-refractivity contribution in [1.82, 2.24) is 14.8 Å². The number of hydrogen-bond donors (Lipinski definition) is 1. The van der Waals surface area contributed by atoms with Crippen molar-refractivity contribution in [3.63, 3.8) is 0 Å². The molecular formula is C23H27N3O2. The number of rotatable bonds is 2. The zero-order chi connectivity index (χ0) is 19.1. The molecule has 5 nitrogen and oxygen atoms in total. The van der Waals surface area contributed by atoms with Gasteiger partial charge in [-0.2, -0.15) is 0 Å². The van der Waals surface area contributed by atoms with Gasteiger partial charge in [-0.1, -0.05) is 30.3 Å². The minimum Gasteiger partial charge on any atom is -0.506 e. The molecule has 4 atom stereocenters. The Morgan fingerprint density at radius 2 is 1.93 bits per heavy atom. The van der Waals surface area contributed by atoms with E-state index in [-0.39, 0.29) is 11.7 Å². The normalized spacial score (nSPS) is 29.9. The highest BCUT2D eigenvalue weighted by molar-refractivity contribution is 5.94. The largest absolute Gasteiger partial charge is 0.506 e. The van der Waals surface area contributed by atoms with E-state index in [9.17, 15) is 9.90 Å². The van der Waals surface area contributed by atoms with Crippen LogP contribution in [0.25, 0.3) is 0 Å². The van der Waals surface area contributed by atoms with Crippen LogP contribution in [0.3, 0.4) is 0 Å². The smallest absolute Gasteiger partial charge is 0.255 e. The second kappa shape index (κ2) is 7.21. The van der Waals surface area contributed by atoms with Gasteiger partial charge in [0.2, 0.25) is 0 Å². The molecule has 0 radical (unpaired) electrons. The van der Waals surface area contributed by atoms with Crippen molar-refractivity contribution in [2.24, 2.45) is 11.8 Å². The topological polar surface area (TPSA) is 56.7 Å². The maximum atomic E-state index is 13.0. The molecule has 28 heavy (non-hydrogen) atoms. The van der Waals surface area contributed by atoms with Gasteiger partial charge in [-0.05, 0) is 49.1 Å². The first-order valence-electron chi connectivity index (χ1n) is 10.4. The molecule has 3 fully saturated rings. The monoisotopic (exact) mass is 377 g/mol. The van der Waals surface area contributed by atoms with E-state index in [1.165, 1.54) is 43.5 Å². The van der Waals surface area contributed by atoms with E-state index in [0.29, 0.717) is 29.5 Å². The van der Waals surface area contributed by atoms with Crippen molar-refractivity contribution < 1.29 is 9.90 Å². The van der Waals surface area contributed by atoms with Crippen LogP contribution in [0.5, 0.6) is 5.75 Å². The minimum atomic E-state index is 0.00182. The van der Waals surface area contributed by atoms with Crippen molar-refractivity contribution >= 4 is 5.91 Å². The van der Waals surface area contributed by atoms with Crippen LogP contribution < -0.4 is 0 Å². The standard InChI is InChI=1S/C23H27N3O2/c27-20-10-18(11-24-12-20)23(28)25-13-16-9-19(15-25)22-8-4-7-21(26(22)14-16)17-5-2-1-3-6-17/h1-3,5-6,10-12,16,19,21-22,27H,4,7-9,13-15H2/t16-,19+,21+,22-/m0/s1. The SMILES string of the molecule is O=C(c1cncc(O)c1)N1C[C@@H]2C[C@H](C1)[C@@H]1CCC[C@H](c3ccccc3)N1C2. The molecule has 3 aliphatic rings. The Bertz CT molecular complexity index is 856. The molecule has 5 heteroatoms. The van der Waals surface area contributed by atoms with E-state index in [4.69, 9.17) is 0 Å². The summed E-state index contributed by atoms with van der Waals surface area (Å²) in [5, 5.41) is 9.67. The van der Waals surface area contributed by atoms with Gasteiger partial charge in [0, 0.05) is 37.9 Å². The van der Waals surface area contributed by atoms with Gasteiger partial charge in [0.1, 0.15) is 5.75 Å². The van der Waals surface area contributed by atoms with Crippen LogP contribution in [-0.2, 0) is 0 Å². The van der Waals surface area contributed by atoms with Crippen molar-refractivity contribution in [3.8, 4) is 5.75 Å². The molecule has 0 spiro atoms. The predicted molar refractivity (Wildman–Crippen MR) is 107 cm³/mol. The first-order chi connectivity index (χ1) is 13.7. The number of likely N-dealkylation sites (tertiary alicyclic amines) is 1. The maximum absolute atomic E-state index is 13.0. The number of benzene rings is 1. The Morgan fingerprint density at radius 3 is 2.75 bits per heavy atom. The van der Waals surface area contributed by atoms with E-state index in [2.05, 4.69) is 40.2 Å². The van der Waals surface area contributed by atoms with Gasteiger partial charge in [-0.25, -0.2) is 0 Å². The number of nitrogens with zero attached hydrogens (tertiary/aromatic N) is 3. The number of carbonyl (C=O) groups is 1. The summed E-state index contributed by atoms with van der Waals surface area (Å²) < 4.78 is 0. The van der Waals surface area contributed by atoms with Crippen molar-refractivity contribution in [1.29, 1.82) is 0 Å². The number of aromatic nitrogens is 1. The highest BCUT2D eigenvalue weighted by Crippen LogP contribution is 2.44. The summed E-state index contributed by atoms with van der Waals surface area (Å²) in [5.74, 6) is 1.11. The van der Waals surface area contributed by atoms with Gasteiger partial charge in [0.05, 0.1) is 11.8 Å². The van der Waals surface area contributed by atoms with Crippen LogP contribution in [0, 0.1) is 11.8 Å². The molecule has 0 saturated carbocycles. The fourth-order valence-electron chi connectivity index (χ4n) is 5.73. The quantitative estimate of drug-likeness (QED) is 0.871. The molecule has 1 aromatic heterocycles. The molecule has 1 amide bonds. The van der Waals surface area contributed by atoms with E-state index in [1.807, 2.05) is 4.90 Å². The Balaban J connectivity index is 1.36. The van der Waals surface area contributed by atoms with E-state index in [0.717, 1.165) is 19.6 Å². The molecule has 3 aliphatic heterocycles. The fourth-order valence-corrected chi connectivity index (χ4v) is 5.73. The predicted octanol–water partition coefficient (Wildman–Crippen LogP) is 3.47. The van der Waals surface area contributed by atoms with Crippen LogP contribution in [0.2, 0.25) is 0 Å². The lowest BCUT2D eigenvalue weighted by atomic mass is 9.74. The summed E-state index contributed by atoms with van der Waals surface area (Å²) >= 11 is 0. The first-order valence-corrected chi connectivity index (χ1v) is 10.4. The summed E-state index contributed by atoms with van der Waals surface area (Å²) in [4.78, 5) is 21.7.